The van der Waals surface area contributed by atoms with E-state index in [0.29, 0.717) is 19.5 Å². The number of carbonyl (C=O) groups is 3. The first-order chi connectivity index (χ1) is 11.9. The summed E-state index contributed by atoms with van der Waals surface area (Å²) < 4.78 is 5.38. The molecule has 0 saturated carbocycles. The zero-order valence-corrected chi connectivity index (χ0v) is 17.1. The Morgan fingerprint density at radius 2 is 1.65 bits per heavy atom. The van der Waals surface area contributed by atoms with Crippen LogP contribution in [0.4, 0.5) is 4.79 Å². The van der Waals surface area contributed by atoms with E-state index in [2.05, 4.69) is 0 Å². The van der Waals surface area contributed by atoms with Crippen LogP contribution in [0.25, 0.3) is 0 Å². The Bertz CT molecular complexity index is 501. The van der Waals surface area contributed by atoms with Gasteiger partial charge in [-0.25, -0.2) is 4.79 Å². The number of amides is 1. The van der Waals surface area contributed by atoms with Gasteiger partial charge in [-0.2, -0.15) is 0 Å². The Morgan fingerprint density at radius 3 is 2.08 bits per heavy atom. The van der Waals surface area contributed by atoms with Gasteiger partial charge in [0, 0.05) is 25.4 Å². The summed E-state index contributed by atoms with van der Waals surface area (Å²) >= 11 is 0. The average Bonchev–Trinajstić information content (AvgIpc) is 2.52. The number of nitrogens with zero attached hydrogens (tertiary/aromatic N) is 1. The monoisotopic (exact) mass is 369 g/mol. The number of rotatable bonds is 7. The number of carboxylic acids is 1. The molecule has 6 heteroatoms. The van der Waals surface area contributed by atoms with E-state index in [-0.39, 0.29) is 36.1 Å². The van der Waals surface area contributed by atoms with Crippen LogP contribution in [0.5, 0.6) is 0 Å². The smallest absolute Gasteiger partial charge is 0.410 e. The fourth-order valence-electron chi connectivity index (χ4n) is 3.15. The van der Waals surface area contributed by atoms with E-state index in [4.69, 9.17) is 4.74 Å². The molecule has 0 aliphatic carbocycles. The molecule has 6 nitrogen and oxygen atoms in total. The molecule has 0 spiro atoms. The van der Waals surface area contributed by atoms with Crippen LogP contribution < -0.4 is 0 Å². The van der Waals surface area contributed by atoms with Gasteiger partial charge < -0.3 is 14.7 Å². The third-order valence-corrected chi connectivity index (χ3v) is 5.19. The van der Waals surface area contributed by atoms with Crippen LogP contribution in [0, 0.1) is 23.7 Å². The zero-order valence-electron chi connectivity index (χ0n) is 17.1. The minimum atomic E-state index is -0.899. The van der Waals surface area contributed by atoms with Crippen LogP contribution in [0.15, 0.2) is 0 Å². The number of piperidine rings is 1. The molecule has 0 unspecified atom stereocenters. The highest BCUT2D eigenvalue weighted by molar-refractivity contribution is 5.85. The van der Waals surface area contributed by atoms with E-state index in [1.165, 1.54) is 0 Å². The molecule has 2 atom stereocenters. The Hall–Kier alpha value is -1.59. The summed E-state index contributed by atoms with van der Waals surface area (Å²) in [6.45, 7) is 12.5. The van der Waals surface area contributed by atoms with E-state index in [1.807, 2.05) is 41.5 Å². The normalized spacial score (nSPS) is 18.5. The van der Waals surface area contributed by atoms with E-state index in [9.17, 15) is 19.5 Å². The van der Waals surface area contributed by atoms with Crippen LogP contribution in [-0.4, -0.2) is 46.5 Å². The zero-order chi connectivity index (χ0) is 20.1. The standard InChI is InChI=1S/C20H35NO5/c1-13(2)14(3)17(22)12-16(18(23)24)11-15-7-9-21(10-8-15)19(25)26-20(4,5)6/h13-16H,7-12H2,1-6H3,(H,23,24)/t14-,16+/m0/s1. The van der Waals surface area contributed by atoms with Crippen molar-refractivity contribution in [2.75, 3.05) is 13.1 Å². The fraction of sp³-hybridized carbons (Fsp3) is 0.850. The van der Waals surface area contributed by atoms with Gasteiger partial charge in [0.25, 0.3) is 0 Å². The van der Waals surface area contributed by atoms with Crippen LogP contribution in [0.3, 0.4) is 0 Å². The first-order valence-corrected chi connectivity index (χ1v) is 9.64. The molecule has 1 amide bonds. The van der Waals surface area contributed by atoms with E-state index in [1.54, 1.807) is 4.90 Å². The number of ketones is 1. The second kappa shape index (κ2) is 9.38. The lowest BCUT2D eigenvalue weighted by Crippen LogP contribution is -2.42. The molecule has 1 saturated heterocycles. The number of carbonyl (C=O) groups excluding carboxylic acids is 2. The Morgan fingerprint density at radius 1 is 1.12 bits per heavy atom. The summed E-state index contributed by atoms with van der Waals surface area (Å²) in [6, 6.07) is 0. The summed E-state index contributed by atoms with van der Waals surface area (Å²) in [6.07, 6.45) is 1.77. The fourth-order valence-corrected chi connectivity index (χ4v) is 3.15. The highest BCUT2D eigenvalue weighted by atomic mass is 16.6. The van der Waals surface area contributed by atoms with Gasteiger partial charge in [0.15, 0.2) is 0 Å². The molecule has 0 bridgehead atoms. The molecule has 26 heavy (non-hydrogen) atoms. The van der Waals surface area contributed by atoms with Gasteiger partial charge in [-0.1, -0.05) is 20.8 Å². The van der Waals surface area contributed by atoms with Gasteiger partial charge in [0.2, 0.25) is 0 Å². The first-order valence-electron chi connectivity index (χ1n) is 9.64. The number of carboxylic acid groups (broad SMARTS) is 1. The summed E-state index contributed by atoms with van der Waals surface area (Å²) in [7, 11) is 0. The molecule has 1 fully saturated rings. The van der Waals surface area contributed by atoms with Gasteiger partial charge >= 0.3 is 12.1 Å². The van der Waals surface area contributed by atoms with Crippen molar-refractivity contribution in [1.29, 1.82) is 0 Å². The maximum Gasteiger partial charge on any atom is 0.410 e. The number of Topliss-reactive ketones (excluding diaryl/α,β-unsaturated/α-hetero) is 1. The number of ether oxygens (including phenoxy) is 1. The van der Waals surface area contributed by atoms with Crippen molar-refractivity contribution in [3.05, 3.63) is 0 Å². The average molecular weight is 370 g/mol. The number of hydrogen-bond acceptors (Lipinski definition) is 4. The number of hydrogen-bond donors (Lipinski definition) is 1. The maximum absolute atomic E-state index is 12.3. The Kier molecular flexibility index (Phi) is 8.10. The predicted octanol–water partition coefficient (Wildman–Crippen LogP) is 3.98. The summed E-state index contributed by atoms with van der Waals surface area (Å²) in [4.78, 5) is 37.7. The molecule has 0 aromatic carbocycles. The quantitative estimate of drug-likeness (QED) is 0.734. The van der Waals surface area contributed by atoms with Crippen molar-refractivity contribution in [2.24, 2.45) is 23.7 Å². The van der Waals surface area contributed by atoms with Gasteiger partial charge in [-0.3, -0.25) is 9.59 Å². The minimum absolute atomic E-state index is 0.0265. The van der Waals surface area contributed by atoms with Crippen LogP contribution in [-0.2, 0) is 14.3 Å². The van der Waals surface area contributed by atoms with Crippen molar-refractivity contribution in [1.82, 2.24) is 4.90 Å². The van der Waals surface area contributed by atoms with Gasteiger partial charge in [0.1, 0.15) is 11.4 Å². The van der Waals surface area contributed by atoms with Gasteiger partial charge in [-0.05, 0) is 51.9 Å². The van der Waals surface area contributed by atoms with Crippen molar-refractivity contribution < 1.29 is 24.2 Å². The van der Waals surface area contributed by atoms with E-state index < -0.39 is 17.5 Å². The molecule has 1 rings (SSSR count). The third kappa shape index (κ3) is 7.34. The molecule has 0 aromatic rings. The van der Waals surface area contributed by atoms with Gasteiger partial charge in [0.05, 0.1) is 5.92 Å². The molecular formula is C20H35NO5. The van der Waals surface area contributed by atoms with E-state index >= 15 is 0 Å². The molecule has 1 aliphatic rings. The lowest BCUT2D eigenvalue weighted by atomic mass is 9.82. The van der Waals surface area contributed by atoms with Crippen molar-refractivity contribution in [2.45, 2.75) is 72.8 Å². The summed E-state index contributed by atoms with van der Waals surface area (Å²) in [5.74, 6) is -1.19. The Labute approximate surface area is 157 Å². The topological polar surface area (TPSA) is 83.9 Å². The third-order valence-electron chi connectivity index (χ3n) is 5.19. The predicted molar refractivity (Wildman–Crippen MR) is 99.9 cm³/mol. The largest absolute Gasteiger partial charge is 0.481 e. The SMILES string of the molecule is CC(C)[C@H](C)C(=O)C[C@@H](CC1CCN(C(=O)OC(C)(C)C)CC1)C(=O)O. The molecule has 1 aliphatic heterocycles. The molecule has 150 valence electrons. The molecule has 1 N–H and O–H groups in total. The number of likely N-dealkylation sites (tertiary alicyclic amines) is 1. The maximum atomic E-state index is 12.3. The van der Waals surface area contributed by atoms with Crippen LogP contribution in [0.1, 0.15) is 67.2 Å². The lowest BCUT2D eigenvalue weighted by molar-refractivity contribution is -0.145. The summed E-state index contributed by atoms with van der Waals surface area (Å²) in [5.41, 5.74) is -0.518. The lowest BCUT2D eigenvalue weighted by Gasteiger charge is -2.34. The minimum Gasteiger partial charge on any atom is -0.481 e. The second-order valence-corrected chi connectivity index (χ2v) is 8.88. The molecule has 0 aromatic heterocycles. The Balaban J connectivity index is 2.53. The van der Waals surface area contributed by atoms with Crippen molar-refractivity contribution in [3.8, 4) is 0 Å². The van der Waals surface area contributed by atoms with Crippen LogP contribution in [0.2, 0.25) is 0 Å². The summed E-state index contributed by atoms with van der Waals surface area (Å²) in [5, 5.41) is 9.50. The molecule has 1 heterocycles. The van der Waals surface area contributed by atoms with Gasteiger partial charge in [-0.15, -0.1) is 0 Å². The molecular weight excluding hydrogens is 334 g/mol. The number of aliphatic carboxylic acids is 1. The highest BCUT2D eigenvalue weighted by Crippen LogP contribution is 2.28. The highest BCUT2D eigenvalue weighted by Gasteiger charge is 2.31. The van der Waals surface area contributed by atoms with Crippen molar-refractivity contribution >= 4 is 17.8 Å². The first kappa shape index (κ1) is 22.5. The molecule has 0 radical (unpaired) electrons. The van der Waals surface area contributed by atoms with E-state index in [0.717, 1.165) is 12.8 Å². The van der Waals surface area contributed by atoms with Crippen molar-refractivity contribution in [3.63, 3.8) is 0 Å². The second-order valence-electron chi connectivity index (χ2n) is 8.88. The van der Waals surface area contributed by atoms with Crippen LogP contribution >= 0.6 is 0 Å².